The fourth-order valence-corrected chi connectivity index (χ4v) is 1.03. The summed E-state index contributed by atoms with van der Waals surface area (Å²) in [6, 6.07) is 1.89. The second kappa shape index (κ2) is 5.76. The molecule has 2 aromatic rings. The van der Waals surface area contributed by atoms with Crippen molar-refractivity contribution in [2.45, 2.75) is 6.54 Å². The second-order valence-corrected chi connectivity index (χ2v) is 3.11. The first kappa shape index (κ1) is 12.1. The van der Waals surface area contributed by atoms with E-state index in [1.165, 1.54) is 10.9 Å². The standard InChI is InChI=1S/C5H10N4O.C4H6N2/c6-4-3-8-9(1-2-10)5(4)7;1-6-4-2-3-5-6/h3,10H,1-2,6-7H2;2-4H,1H3. The molecule has 16 heavy (non-hydrogen) atoms. The van der Waals surface area contributed by atoms with Crippen LogP contribution in [-0.2, 0) is 13.6 Å². The third-order valence-electron chi connectivity index (χ3n) is 1.86. The number of nitrogen functional groups attached to an aromatic ring is 2. The summed E-state index contributed by atoms with van der Waals surface area (Å²) in [5.74, 6) is 0.411. The number of aryl methyl sites for hydroxylation is 1. The molecule has 0 aliphatic carbocycles. The van der Waals surface area contributed by atoms with Crippen molar-refractivity contribution < 1.29 is 5.11 Å². The van der Waals surface area contributed by atoms with Crippen LogP contribution in [0.25, 0.3) is 0 Å². The monoisotopic (exact) mass is 224 g/mol. The molecule has 0 bridgehead atoms. The Bertz CT molecular complexity index is 408. The van der Waals surface area contributed by atoms with E-state index in [0.29, 0.717) is 18.1 Å². The Labute approximate surface area is 93.3 Å². The van der Waals surface area contributed by atoms with Crippen LogP contribution in [0.5, 0.6) is 0 Å². The van der Waals surface area contributed by atoms with E-state index in [-0.39, 0.29) is 6.61 Å². The number of aliphatic hydroxyl groups excluding tert-OH is 1. The van der Waals surface area contributed by atoms with Crippen molar-refractivity contribution in [1.82, 2.24) is 19.6 Å². The third-order valence-corrected chi connectivity index (χ3v) is 1.86. The molecule has 0 saturated carbocycles. The van der Waals surface area contributed by atoms with Crippen LogP contribution in [-0.4, -0.2) is 31.3 Å². The van der Waals surface area contributed by atoms with Crippen LogP contribution in [0.1, 0.15) is 0 Å². The van der Waals surface area contributed by atoms with Gasteiger partial charge in [0.05, 0.1) is 25.0 Å². The summed E-state index contributed by atoms with van der Waals surface area (Å²) in [7, 11) is 1.89. The zero-order chi connectivity index (χ0) is 12.0. The largest absolute Gasteiger partial charge is 0.394 e. The highest BCUT2D eigenvalue weighted by atomic mass is 16.3. The Balaban J connectivity index is 0.000000181. The van der Waals surface area contributed by atoms with Gasteiger partial charge in [0, 0.05) is 19.4 Å². The molecule has 0 unspecified atom stereocenters. The van der Waals surface area contributed by atoms with Crippen molar-refractivity contribution in [3.8, 4) is 0 Å². The van der Waals surface area contributed by atoms with Crippen LogP contribution < -0.4 is 11.5 Å². The quantitative estimate of drug-likeness (QED) is 0.635. The molecule has 0 atom stereocenters. The van der Waals surface area contributed by atoms with Crippen LogP contribution in [0, 0.1) is 0 Å². The van der Waals surface area contributed by atoms with Crippen molar-refractivity contribution in [1.29, 1.82) is 0 Å². The van der Waals surface area contributed by atoms with Crippen LogP contribution >= 0.6 is 0 Å². The molecule has 2 aromatic heterocycles. The van der Waals surface area contributed by atoms with Crippen LogP contribution in [0.15, 0.2) is 24.7 Å². The summed E-state index contributed by atoms with van der Waals surface area (Å²) >= 11 is 0. The molecule has 0 fully saturated rings. The first-order valence-corrected chi connectivity index (χ1v) is 4.76. The lowest BCUT2D eigenvalue weighted by atomic mass is 10.5. The number of nitrogens with zero attached hydrogens (tertiary/aromatic N) is 4. The molecular weight excluding hydrogens is 208 g/mol. The molecule has 5 N–H and O–H groups in total. The second-order valence-electron chi connectivity index (χ2n) is 3.11. The number of rotatable bonds is 2. The van der Waals surface area contributed by atoms with Crippen molar-refractivity contribution in [2.24, 2.45) is 7.05 Å². The maximum Gasteiger partial charge on any atom is 0.145 e. The summed E-state index contributed by atoms with van der Waals surface area (Å²) in [6.45, 7) is 0.411. The van der Waals surface area contributed by atoms with Crippen molar-refractivity contribution >= 4 is 11.5 Å². The van der Waals surface area contributed by atoms with Gasteiger partial charge in [0.25, 0.3) is 0 Å². The minimum atomic E-state index is 0.0192. The fourth-order valence-electron chi connectivity index (χ4n) is 1.03. The highest BCUT2D eigenvalue weighted by Crippen LogP contribution is 2.11. The van der Waals surface area contributed by atoms with E-state index in [1.807, 2.05) is 19.3 Å². The molecule has 0 saturated heterocycles. The topological polar surface area (TPSA) is 108 Å². The van der Waals surface area contributed by atoms with E-state index in [1.54, 1.807) is 10.9 Å². The summed E-state index contributed by atoms with van der Waals surface area (Å²) < 4.78 is 3.20. The predicted octanol–water partition coefficient (Wildman–Crippen LogP) is -0.540. The Morgan fingerprint density at radius 1 is 1.38 bits per heavy atom. The van der Waals surface area contributed by atoms with Crippen molar-refractivity contribution in [3.05, 3.63) is 24.7 Å². The van der Waals surface area contributed by atoms with Crippen molar-refractivity contribution in [3.63, 3.8) is 0 Å². The van der Waals surface area contributed by atoms with Crippen LogP contribution in [0.3, 0.4) is 0 Å². The van der Waals surface area contributed by atoms with Gasteiger partial charge in [0.2, 0.25) is 0 Å². The van der Waals surface area contributed by atoms with Gasteiger partial charge in [-0.15, -0.1) is 0 Å². The highest BCUT2D eigenvalue weighted by Gasteiger charge is 2.00. The van der Waals surface area contributed by atoms with Gasteiger partial charge >= 0.3 is 0 Å². The average Bonchev–Trinajstić information content (AvgIpc) is 2.84. The lowest BCUT2D eigenvalue weighted by molar-refractivity contribution is 0.270. The van der Waals surface area contributed by atoms with Gasteiger partial charge in [0.1, 0.15) is 5.82 Å². The van der Waals surface area contributed by atoms with E-state index in [9.17, 15) is 0 Å². The molecule has 0 radical (unpaired) electrons. The number of anilines is 2. The summed E-state index contributed by atoms with van der Waals surface area (Å²) in [6.07, 6.45) is 5.10. The van der Waals surface area contributed by atoms with Crippen molar-refractivity contribution in [2.75, 3.05) is 18.1 Å². The number of aliphatic hydroxyl groups is 1. The summed E-state index contributed by atoms with van der Waals surface area (Å²) in [4.78, 5) is 0. The molecule has 0 aliphatic heterocycles. The molecule has 0 amide bonds. The first-order chi connectivity index (χ1) is 7.65. The Morgan fingerprint density at radius 2 is 2.12 bits per heavy atom. The first-order valence-electron chi connectivity index (χ1n) is 4.76. The number of aromatic nitrogens is 4. The average molecular weight is 224 g/mol. The number of hydrogen-bond acceptors (Lipinski definition) is 5. The van der Waals surface area contributed by atoms with E-state index in [2.05, 4.69) is 10.2 Å². The zero-order valence-corrected chi connectivity index (χ0v) is 9.11. The van der Waals surface area contributed by atoms with E-state index >= 15 is 0 Å². The Kier molecular flexibility index (Phi) is 4.34. The molecule has 0 aliphatic rings. The Morgan fingerprint density at radius 3 is 2.44 bits per heavy atom. The van der Waals surface area contributed by atoms with Gasteiger partial charge < -0.3 is 16.6 Å². The number of nitrogens with two attached hydrogens (primary N) is 2. The summed E-state index contributed by atoms with van der Waals surface area (Å²) in [5, 5.41) is 16.1. The van der Waals surface area contributed by atoms with Crippen LogP contribution in [0.4, 0.5) is 11.5 Å². The maximum absolute atomic E-state index is 8.50. The third kappa shape index (κ3) is 3.28. The smallest absolute Gasteiger partial charge is 0.145 e. The number of hydrogen-bond donors (Lipinski definition) is 3. The summed E-state index contributed by atoms with van der Waals surface area (Å²) in [5.41, 5.74) is 11.3. The Hall–Kier alpha value is -2.02. The molecule has 7 heteroatoms. The van der Waals surface area contributed by atoms with E-state index < -0.39 is 0 Å². The molecule has 88 valence electrons. The molecule has 2 heterocycles. The lowest BCUT2D eigenvalue weighted by Gasteiger charge is -1.99. The molecule has 2 rings (SSSR count). The van der Waals surface area contributed by atoms with Crippen LogP contribution in [0.2, 0.25) is 0 Å². The predicted molar refractivity (Wildman–Crippen MR) is 61.3 cm³/mol. The molecule has 7 nitrogen and oxygen atoms in total. The molecular formula is C9H16N6O. The van der Waals surface area contributed by atoms with E-state index in [0.717, 1.165) is 0 Å². The zero-order valence-electron chi connectivity index (χ0n) is 9.11. The lowest BCUT2D eigenvalue weighted by Crippen LogP contribution is -2.07. The van der Waals surface area contributed by atoms with Gasteiger partial charge in [-0.05, 0) is 6.07 Å². The maximum atomic E-state index is 8.50. The fraction of sp³-hybridized carbons (Fsp3) is 0.333. The van der Waals surface area contributed by atoms with Gasteiger partial charge in [-0.2, -0.15) is 10.2 Å². The minimum Gasteiger partial charge on any atom is -0.394 e. The molecule has 0 aromatic carbocycles. The van der Waals surface area contributed by atoms with Gasteiger partial charge in [-0.3, -0.25) is 4.68 Å². The van der Waals surface area contributed by atoms with Gasteiger partial charge in [-0.25, -0.2) is 4.68 Å². The van der Waals surface area contributed by atoms with Gasteiger partial charge in [0.15, 0.2) is 0 Å². The highest BCUT2D eigenvalue weighted by molar-refractivity contribution is 5.56. The van der Waals surface area contributed by atoms with Gasteiger partial charge in [-0.1, -0.05) is 0 Å². The minimum absolute atomic E-state index is 0.0192. The molecule has 0 spiro atoms. The SMILES string of the molecule is Cn1cccn1.Nc1cnn(CCO)c1N. The normalized spacial score (nSPS) is 9.62. The van der Waals surface area contributed by atoms with E-state index in [4.69, 9.17) is 16.6 Å².